The minimum absolute atomic E-state index is 0.0962. The minimum atomic E-state index is 0.0962. The lowest BCUT2D eigenvalue weighted by Gasteiger charge is -2.27. The maximum atomic E-state index is 5.65. The molecule has 0 aliphatic carbocycles. The Hall–Kier alpha value is -0.860. The summed E-state index contributed by atoms with van der Waals surface area (Å²) in [6.45, 7) is 15.0. The number of nitrogens with two attached hydrogens (primary N) is 1. The number of benzene rings is 1. The van der Waals surface area contributed by atoms with Crippen molar-refractivity contribution >= 4 is 0 Å². The quantitative estimate of drug-likeness (QED) is 0.852. The third kappa shape index (κ3) is 4.96. The van der Waals surface area contributed by atoms with Gasteiger partial charge < -0.3 is 11.1 Å². The highest BCUT2D eigenvalue weighted by Gasteiger charge is 2.18. The Morgan fingerprint density at radius 3 is 2.26 bits per heavy atom. The van der Waals surface area contributed by atoms with E-state index in [0.29, 0.717) is 0 Å². The second-order valence-electron chi connectivity index (χ2n) is 7.17. The van der Waals surface area contributed by atoms with Gasteiger partial charge in [0.25, 0.3) is 0 Å². The Labute approximate surface area is 118 Å². The van der Waals surface area contributed by atoms with E-state index in [1.807, 2.05) is 0 Å². The molecule has 0 atom stereocenters. The van der Waals surface area contributed by atoms with Gasteiger partial charge >= 0.3 is 0 Å². The summed E-state index contributed by atoms with van der Waals surface area (Å²) < 4.78 is 0. The predicted molar refractivity (Wildman–Crippen MR) is 84.5 cm³/mol. The van der Waals surface area contributed by atoms with E-state index in [-0.39, 0.29) is 11.0 Å². The van der Waals surface area contributed by atoms with Crippen molar-refractivity contribution in [1.29, 1.82) is 0 Å². The van der Waals surface area contributed by atoms with Crippen LogP contribution in [0.4, 0.5) is 0 Å². The van der Waals surface area contributed by atoms with E-state index >= 15 is 0 Å². The van der Waals surface area contributed by atoms with Crippen molar-refractivity contribution in [3.63, 3.8) is 0 Å². The fraction of sp³-hybridized carbons (Fsp3) is 0.647. The van der Waals surface area contributed by atoms with E-state index in [1.54, 1.807) is 0 Å². The molecule has 0 saturated heterocycles. The molecule has 0 spiro atoms. The largest absolute Gasteiger partial charge is 0.330 e. The van der Waals surface area contributed by atoms with Gasteiger partial charge in [0.05, 0.1) is 0 Å². The summed E-state index contributed by atoms with van der Waals surface area (Å²) in [6.07, 6.45) is 0.991. The average molecular weight is 262 g/mol. The summed E-state index contributed by atoms with van der Waals surface area (Å²) in [5.41, 5.74) is 10.1. The van der Waals surface area contributed by atoms with Gasteiger partial charge in [-0.05, 0) is 55.8 Å². The predicted octanol–water partition coefficient (Wildman–Crippen LogP) is 3.51. The van der Waals surface area contributed by atoms with E-state index in [4.69, 9.17) is 5.73 Å². The molecule has 0 aliphatic rings. The lowest BCUT2D eigenvalue weighted by atomic mass is 9.85. The molecule has 0 saturated carbocycles. The van der Waals surface area contributed by atoms with E-state index in [1.165, 1.54) is 16.7 Å². The van der Waals surface area contributed by atoms with Crippen molar-refractivity contribution < 1.29 is 0 Å². The zero-order valence-corrected chi connectivity index (χ0v) is 13.4. The zero-order valence-electron chi connectivity index (χ0n) is 13.4. The second kappa shape index (κ2) is 6.06. The molecular weight excluding hydrogens is 232 g/mol. The van der Waals surface area contributed by atoms with Crippen LogP contribution < -0.4 is 11.1 Å². The second-order valence-corrected chi connectivity index (χ2v) is 7.17. The Morgan fingerprint density at radius 2 is 1.74 bits per heavy atom. The molecule has 1 aromatic rings. The van der Waals surface area contributed by atoms with Crippen LogP contribution in [-0.2, 0) is 12.0 Å². The standard InChI is InChI=1S/C17H30N2/c1-13-7-8-15(16(2,3)4)11-14(13)12-19-17(5,6)9-10-18/h7-8,11,19H,9-10,12,18H2,1-6H3. The van der Waals surface area contributed by atoms with Crippen molar-refractivity contribution in [3.8, 4) is 0 Å². The maximum absolute atomic E-state index is 5.65. The van der Waals surface area contributed by atoms with Gasteiger partial charge in [-0.2, -0.15) is 0 Å². The van der Waals surface area contributed by atoms with Crippen LogP contribution in [0.3, 0.4) is 0 Å². The molecule has 2 nitrogen and oxygen atoms in total. The number of hydrogen-bond donors (Lipinski definition) is 2. The third-order valence-electron chi connectivity index (χ3n) is 3.74. The van der Waals surface area contributed by atoms with E-state index in [2.05, 4.69) is 65.1 Å². The van der Waals surface area contributed by atoms with Crippen molar-refractivity contribution in [1.82, 2.24) is 5.32 Å². The van der Waals surface area contributed by atoms with Gasteiger partial charge in [-0.25, -0.2) is 0 Å². The van der Waals surface area contributed by atoms with E-state index in [0.717, 1.165) is 19.5 Å². The fourth-order valence-corrected chi connectivity index (χ4v) is 2.11. The third-order valence-corrected chi connectivity index (χ3v) is 3.74. The lowest BCUT2D eigenvalue weighted by molar-refractivity contribution is 0.365. The van der Waals surface area contributed by atoms with Gasteiger partial charge in [-0.3, -0.25) is 0 Å². The van der Waals surface area contributed by atoms with Gasteiger partial charge in [0, 0.05) is 12.1 Å². The minimum Gasteiger partial charge on any atom is -0.330 e. The van der Waals surface area contributed by atoms with Crippen LogP contribution in [0.15, 0.2) is 18.2 Å². The van der Waals surface area contributed by atoms with Crippen molar-refractivity contribution in [2.75, 3.05) is 6.54 Å². The van der Waals surface area contributed by atoms with Crippen LogP contribution in [0.1, 0.15) is 57.7 Å². The van der Waals surface area contributed by atoms with Crippen LogP contribution in [0, 0.1) is 6.92 Å². The molecule has 0 heterocycles. The first-order valence-corrected chi connectivity index (χ1v) is 7.21. The molecule has 0 amide bonds. The highest BCUT2D eigenvalue weighted by Crippen LogP contribution is 2.24. The van der Waals surface area contributed by atoms with Crippen LogP contribution in [0.5, 0.6) is 0 Å². The lowest BCUT2D eigenvalue weighted by Crippen LogP contribution is -2.40. The molecule has 0 aliphatic heterocycles. The first-order chi connectivity index (χ1) is 8.65. The number of hydrogen-bond acceptors (Lipinski definition) is 2. The van der Waals surface area contributed by atoms with E-state index < -0.39 is 0 Å². The van der Waals surface area contributed by atoms with Crippen molar-refractivity contribution in [2.24, 2.45) is 5.73 Å². The SMILES string of the molecule is Cc1ccc(C(C)(C)C)cc1CNC(C)(C)CCN. The maximum Gasteiger partial charge on any atom is 0.0213 e. The highest BCUT2D eigenvalue weighted by molar-refractivity contribution is 5.34. The monoisotopic (exact) mass is 262 g/mol. The topological polar surface area (TPSA) is 38.0 Å². The number of nitrogens with one attached hydrogen (secondary N) is 1. The summed E-state index contributed by atoms with van der Waals surface area (Å²) in [5.74, 6) is 0. The molecule has 2 heteroatoms. The molecule has 19 heavy (non-hydrogen) atoms. The molecule has 0 unspecified atom stereocenters. The molecule has 0 aromatic heterocycles. The van der Waals surface area contributed by atoms with Crippen LogP contribution >= 0.6 is 0 Å². The van der Waals surface area contributed by atoms with Gasteiger partial charge in [-0.1, -0.05) is 39.0 Å². The Bertz CT molecular complexity index is 414. The average Bonchev–Trinajstić information content (AvgIpc) is 2.26. The first-order valence-electron chi connectivity index (χ1n) is 7.21. The Kier molecular flexibility index (Phi) is 5.17. The molecule has 0 radical (unpaired) electrons. The van der Waals surface area contributed by atoms with Crippen LogP contribution in [0.2, 0.25) is 0 Å². The summed E-state index contributed by atoms with van der Waals surface area (Å²) >= 11 is 0. The molecule has 0 fully saturated rings. The zero-order chi connectivity index (χ0) is 14.7. The molecular formula is C17H30N2. The molecule has 3 N–H and O–H groups in total. The molecule has 1 aromatic carbocycles. The molecule has 0 bridgehead atoms. The molecule has 108 valence electrons. The summed E-state index contributed by atoms with van der Waals surface area (Å²) in [6, 6.07) is 6.80. The first kappa shape index (κ1) is 16.2. The Morgan fingerprint density at radius 1 is 1.11 bits per heavy atom. The van der Waals surface area contributed by atoms with Crippen molar-refractivity contribution in [3.05, 3.63) is 34.9 Å². The number of aryl methyl sites for hydroxylation is 1. The smallest absolute Gasteiger partial charge is 0.0213 e. The summed E-state index contributed by atoms with van der Waals surface area (Å²) in [4.78, 5) is 0. The van der Waals surface area contributed by atoms with Gasteiger partial charge in [0.1, 0.15) is 0 Å². The number of rotatable bonds is 5. The van der Waals surface area contributed by atoms with Gasteiger partial charge in [0.2, 0.25) is 0 Å². The summed E-state index contributed by atoms with van der Waals surface area (Å²) in [5, 5.41) is 3.62. The van der Waals surface area contributed by atoms with Gasteiger partial charge in [0.15, 0.2) is 0 Å². The van der Waals surface area contributed by atoms with Crippen LogP contribution in [-0.4, -0.2) is 12.1 Å². The van der Waals surface area contributed by atoms with E-state index in [9.17, 15) is 0 Å². The summed E-state index contributed by atoms with van der Waals surface area (Å²) in [7, 11) is 0. The van der Waals surface area contributed by atoms with Gasteiger partial charge in [-0.15, -0.1) is 0 Å². The molecule has 1 rings (SSSR count). The fourth-order valence-electron chi connectivity index (χ4n) is 2.11. The van der Waals surface area contributed by atoms with Crippen molar-refractivity contribution in [2.45, 2.75) is 65.5 Å². The normalized spacial score (nSPS) is 12.8. The Balaban J connectivity index is 2.84. The highest BCUT2D eigenvalue weighted by atomic mass is 15.0. The van der Waals surface area contributed by atoms with Crippen LogP contribution in [0.25, 0.3) is 0 Å².